The summed E-state index contributed by atoms with van der Waals surface area (Å²) in [5, 5.41) is 9.13. The first-order valence-corrected chi connectivity index (χ1v) is 12.0. The minimum Gasteiger partial charge on any atom is -0.355 e. The fourth-order valence-corrected chi connectivity index (χ4v) is 4.85. The average molecular weight is 461 g/mol. The van der Waals surface area contributed by atoms with Gasteiger partial charge in [-0.2, -0.15) is 0 Å². The molecule has 0 amide bonds. The number of thiazole rings is 1. The van der Waals surface area contributed by atoms with Gasteiger partial charge in [-0.3, -0.25) is 14.5 Å². The van der Waals surface area contributed by atoms with Crippen molar-refractivity contribution in [3.63, 3.8) is 0 Å². The Kier molecular flexibility index (Phi) is 5.32. The van der Waals surface area contributed by atoms with Crippen LogP contribution in [-0.4, -0.2) is 71.6 Å². The Hall–Kier alpha value is -3.57. The Balaban J connectivity index is 1.08. The van der Waals surface area contributed by atoms with Gasteiger partial charge in [0, 0.05) is 50.0 Å². The van der Waals surface area contributed by atoms with Crippen LogP contribution in [0.3, 0.4) is 0 Å². The molecule has 1 saturated heterocycles. The summed E-state index contributed by atoms with van der Waals surface area (Å²) >= 11 is 1.60. The zero-order chi connectivity index (χ0) is 22.0. The Labute approximate surface area is 194 Å². The highest BCUT2D eigenvalue weighted by Gasteiger charge is 2.24. The first-order chi connectivity index (χ1) is 16.3. The summed E-state index contributed by atoms with van der Waals surface area (Å²) in [5.41, 5.74) is 6.53. The summed E-state index contributed by atoms with van der Waals surface area (Å²) in [6, 6.07) is 6.18. The van der Waals surface area contributed by atoms with E-state index in [4.69, 9.17) is 4.98 Å². The number of rotatable bonds is 8. The number of H-pyrrole nitrogens is 1. The summed E-state index contributed by atoms with van der Waals surface area (Å²) in [7, 11) is 0. The van der Waals surface area contributed by atoms with Crippen molar-refractivity contribution in [2.75, 3.05) is 36.8 Å². The third-order valence-corrected chi connectivity index (χ3v) is 6.55. The third kappa shape index (κ3) is 4.24. The van der Waals surface area contributed by atoms with Crippen LogP contribution in [0.15, 0.2) is 47.7 Å². The maximum absolute atomic E-state index is 4.82. The predicted octanol–water partition coefficient (Wildman–Crippen LogP) is 2.81. The van der Waals surface area contributed by atoms with Crippen LogP contribution in [0.1, 0.15) is 12.1 Å². The van der Waals surface area contributed by atoms with E-state index in [1.165, 1.54) is 0 Å². The van der Waals surface area contributed by atoms with Crippen LogP contribution in [0, 0.1) is 0 Å². The number of aromatic amines is 1. The lowest BCUT2D eigenvalue weighted by atomic mass is 10.3. The highest BCUT2D eigenvalue weighted by molar-refractivity contribution is 7.07. The van der Waals surface area contributed by atoms with Gasteiger partial charge in [-0.25, -0.2) is 19.9 Å². The van der Waals surface area contributed by atoms with E-state index in [2.05, 4.69) is 50.4 Å². The second-order valence-corrected chi connectivity index (χ2v) is 8.90. The van der Waals surface area contributed by atoms with Crippen LogP contribution in [0.5, 0.6) is 0 Å². The van der Waals surface area contributed by atoms with Crippen molar-refractivity contribution in [3.8, 4) is 0 Å². The number of fused-ring (bicyclic) bond motifs is 2. The molecule has 10 nitrogen and oxygen atoms in total. The lowest BCUT2D eigenvalue weighted by molar-refractivity contribution is 0.349. The molecule has 1 fully saturated rings. The fourth-order valence-electron chi connectivity index (χ4n) is 4.31. The smallest absolute Gasteiger partial charge is 0.205 e. The van der Waals surface area contributed by atoms with Crippen LogP contribution < -0.4 is 10.6 Å². The van der Waals surface area contributed by atoms with E-state index in [-0.39, 0.29) is 0 Å². The number of aromatic nitrogens is 7. The summed E-state index contributed by atoms with van der Waals surface area (Å²) < 4.78 is 2.13. The van der Waals surface area contributed by atoms with Crippen molar-refractivity contribution in [1.29, 1.82) is 0 Å². The number of pyridine rings is 2. The Morgan fingerprint density at radius 3 is 3.06 bits per heavy atom. The molecule has 5 aromatic rings. The Morgan fingerprint density at radius 2 is 2.15 bits per heavy atom. The van der Waals surface area contributed by atoms with Gasteiger partial charge in [0.15, 0.2) is 5.65 Å². The molecule has 0 aromatic carbocycles. The van der Waals surface area contributed by atoms with E-state index in [0.29, 0.717) is 12.6 Å². The standard InChI is InChI=1S/C22H24N10S/c1-2-18-20(24-5-1)32(12-16-13-33-14-26-16)22(30-18)27-15-4-8-31(11-15)9-7-25-21-28-17-3-6-23-10-19(17)29-21/h1-3,5-6,10,13-15H,4,7-9,11-12H2,(H,27,30)(H2,25,28,29). The molecule has 5 aromatic heterocycles. The minimum absolute atomic E-state index is 0.341. The van der Waals surface area contributed by atoms with Gasteiger partial charge in [-0.05, 0) is 24.6 Å². The van der Waals surface area contributed by atoms with Gasteiger partial charge in [0.1, 0.15) is 5.52 Å². The second kappa shape index (κ2) is 8.75. The van der Waals surface area contributed by atoms with E-state index < -0.39 is 0 Å². The number of nitrogens with zero attached hydrogens (tertiary/aromatic N) is 7. The molecule has 168 valence electrons. The van der Waals surface area contributed by atoms with Gasteiger partial charge in [0.05, 0.1) is 35.0 Å². The highest BCUT2D eigenvalue weighted by Crippen LogP contribution is 2.22. The largest absolute Gasteiger partial charge is 0.355 e. The summed E-state index contributed by atoms with van der Waals surface area (Å²) in [6.07, 6.45) is 6.44. The van der Waals surface area contributed by atoms with Crippen LogP contribution in [0.25, 0.3) is 22.2 Å². The molecule has 0 radical (unpaired) electrons. The predicted molar refractivity (Wildman–Crippen MR) is 130 cm³/mol. The molecule has 1 aliphatic rings. The molecule has 11 heteroatoms. The number of likely N-dealkylation sites (tertiary alicyclic amines) is 1. The normalized spacial score (nSPS) is 16.7. The molecular weight excluding hydrogens is 436 g/mol. The maximum Gasteiger partial charge on any atom is 0.205 e. The molecule has 3 N–H and O–H groups in total. The molecule has 0 aliphatic carbocycles. The first-order valence-electron chi connectivity index (χ1n) is 11.0. The van der Waals surface area contributed by atoms with E-state index in [0.717, 1.165) is 72.4 Å². The van der Waals surface area contributed by atoms with Gasteiger partial charge >= 0.3 is 0 Å². The lowest BCUT2D eigenvalue weighted by Gasteiger charge is -2.17. The van der Waals surface area contributed by atoms with E-state index >= 15 is 0 Å². The molecule has 1 atom stereocenters. The van der Waals surface area contributed by atoms with Gasteiger partial charge in [-0.15, -0.1) is 11.3 Å². The molecule has 0 spiro atoms. The summed E-state index contributed by atoms with van der Waals surface area (Å²) in [4.78, 5) is 28.2. The second-order valence-electron chi connectivity index (χ2n) is 8.18. The highest BCUT2D eigenvalue weighted by atomic mass is 32.1. The third-order valence-electron chi connectivity index (χ3n) is 5.92. The topological polar surface area (TPSA) is 112 Å². The quantitative estimate of drug-likeness (QED) is 0.324. The summed E-state index contributed by atoms with van der Waals surface area (Å²) in [5.74, 6) is 1.65. The maximum atomic E-state index is 4.82. The summed E-state index contributed by atoms with van der Waals surface area (Å²) in [6.45, 7) is 4.45. The fraction of sp³-hybridized carbons (Fsp3) is 0.318. The number of hydrogen-bond donors (Lipinski definition) is 3. The monoisotopic (exact) mass is 460 g/mol. The first kappa shape index (κ1) is 20.1. The lowest BCUT2D eigenvalue weighted by Crippen LogP contribution is -2.30. The minimum atomic E-state index is 0.341. The zero-order valence-electron chi connectivity index (χ0n) is 18.0. The molecule has 33 heavy (non-hydrogen) atoms. The van der Waals surface area contributed by atoms with Gasteiger partial charge < -0.3 is 15.6 Å². The Morgan fingerprint density at radius 1 is 1.15 bits per heavy atom. The Bertz CT molecular complexity index is 1330. The van der Waals surface area contributed by atoms with Gasteiger partial charge in [0.2, 0.25) is 11.9 Å². The molecule has 0 saturated carbocycles. The van der Waals surface area contributed by atoms with Crippen LogP contribution in [0.4, 0.5) is 11.9 Å². The number of imidazole rings is 2. The number of hydrogen-bond acceptors (Lipinski definition) is 9. The van der Waals surface area contributed by atoms with Crippen LogP contribution >= 0.6 is 11.3 Å². The molecule has 1 aliphatic heterocycles. The SMILES string of the molecule is c1cnc2c(c1)nc(NC1CCN(CCNc3nc4ccncc4[nH]3)C1)n2Cc1cscn1. The average Bonchev–Trinajstić information content (AvgIpc) is 3.62. The number of nitrogens with one attached hydrogen (secondary N) is 3. The molecule has 0 bridgehead atoms. The van der Waals surface area contributed by atoms with Crippen molar-refractivity contribution in [3.05, 3.63) is 53.4 Å². The van der Waals surface area contributed by atoms with Crippen molar-refractivity contribution in [2.45, 2.75) is 19.0 Å². The van der Waals surface area contributed by atoms with Crippen LogP contribution in [-0.2, 0) is 6.54 Å². The van der Waals surface area contributed by atoms with Gasteiger partial charge in [-0.1, -0.05) is 0 Å². The van der Waals surface area contributed by atoms with E-state index in [1.54, 1.807) is 23.7 Å². The van der Waals surface area contributed by atoms with E-state index in [9.17, 15) is 0 Å². The molecule has 6 rings (SSSR count). The van der Waals surface area contributed by atoms with Crippen molar-refractivity contribution >= 4 is 45.4 Å². The zero-order valence-corrected chi connectivity index (χ0v) is 18.8. The molecule has 1 unspecified atom stereocenters. The van der Waals surface area contributed by atoms with Crippen molar-refractivity contribution in [2.24, 2.45) is 0 Å². The molecule has 6 heterocycles. The van der Waals surface area contributed by atoms with Gasteiger partial charge in [0.25, 0.3) is 0 Å². The van der Waals surface area contributed by atoms with Crippen molar-refractivity contribution in [1.82, 2.24) is 39.4 Å². The molecular formula is C22H24N10S. The van der Waals surface area contributed by atoms with E-state index in [1.807, 2.05) is 29.9 Å². The number of anilines is 2. The van der Waals surface area contributed by atoms with Crippen molar-refractivity contribution < 1.29 is 0 Å². The van der Waals surface area contributed by atoms with Crippen LogP contribution in [0.2, 0.25) is 0 Å².